The molecule has 3 heteroatoms. The zero-order valence-electron chi connectivity index (χ0n) is 11.3. The Hall–Kier alpha value is -1.71. The van der Waals surface area contributed by atoms with Gasteiger partial charge in [-0.25, -0.2) is 4.39 Å². The summed E-state index contributed by atoms with van der Waals surface area (Å²) in [6.07, 6.45) is 0.937. The number of fused-ring (bicyclic) bond motifs is 1. The fraction of sp³-hybridized carbons (Fsp3) is 0.176. The maximum absolute atomic E-state index is 13.3. The van der Waals surface area contributed by atoms with E-state index in [4.69, 9.17) is 0 Å². The Balaban J connectivity index is 1.91. The Kier molecular flexibility index (Phi) is 3.81. The van der Waals surface area contributed by atoms with E-state index in [1.54, 1.807) is 17.4 Å². The van der Waals surface area contributed by atoms with Crippen LogP contribution in [0.5, 0.6) is 0 Å². The molecule has 0 saturated carbocycles. The van der Waals surface area contributed by atoms with Crippen molar-refractivity contribution in [2.24, 2.45) is 0 Å². The molecule has 0 bridgehead atoms. The molecular weight excluding hydrogens is 269 g/mol. The SMILES string of the molecule is CNC(Cc1ccccc1)c1cc2cc(F)ccc2s1. The molecule has 1 heterocycles. The second-order valence-corrected chi connectivity index (χ2v) is 5.98. The van der Waals surface area contributed by atoms with Gasteiger partial charge in [-0.15, -0.1) is 11.3 Å². The molecular formula is C17H16FNS. The highest BCUT2D eigenvalue weighted by Crippen LogP contribution is 2.31. The molecule has 2 aromatic carbocycles. The number of hydrogen-bond donors (Lipinski definition) is 1. The van der Waals surface area contributed by atoms with E-state index in [1.165, 1.54) is 16.5 Å². The van der Waals surface area contributed by atoms with Crippen LogP contribution in [0.1, 0.15) is 16.5 Å². The summed E-state index contributed by atoms with van der Waals surface area (Å²) < 4.78 is 14.4. The van der Waals surface area contributed by atoms with Crippen molar-refractivity contribution in [2.75, 3.05) is 7.05 Å². The van der Waals surface area contributed by atoms with Crippen LogP contribution in [0.25, 0.3) is 10.1 Å². The third-order valence-electron chi connectivity index (χ3n) is 3.47. The van der Waals surface area contributed by atoms with E-state index in [0.29, 0.717) is 0 Å². The van der Waals surface area contributed by atoms with Gasteiger partial charge in [0.2, 0.25) is 0 Å². The third-order valence-corrected chi connectivity index (χ3v) is 4.70. The van der Waals surface area contributed by atoms with E-state index in [9.17, 15) is 4.39 Å². The van der Waals surface area contributed by atoms with Crippen molar-refractivity contribution in [3.05, 3.63) is 70.9 Å². The van der Waals surface area contributed by atoms with Crippen LogP contribution in [0.3, 0.4) is 0 Å². The molecule has 1 unspecified atom stereocenters. The standard InChI is InChI=1S/C17H16FNS/c1-19-15(9-12-5-3-2-4-6-12)17-11-13-10-14(18)7-8-16(13)20-17/h2-8,10-11,15,19H,9H2,1H3. The molecule has 0 spiro atoms. The lowest BCUT2D eigenvalue weighted by atomic mass is 10.0. The predicted molar refractivity (Wildman–Crippen MR) is 83.7 cm³/mol. The number of thiophene rings is 1. The largest absolute Gasteiger partial charge is 0.312 e. The Morgan fingerprint density at radius 1 is 1.10 bits per heavy atom. The second kappa shape index (κ2) is 5.73. The molecule has 102 valence electrons. The lowest BCUT2D eigenvalue weighted by molar-refractivity contribution is 0.602. The summed E-state index contributed by atoms with van der Waals surface area (Å²) >= 11 is 1.73. The summed E-state index contributed by atoms with van der Waals surface area (Å²) in [5.74, 6) is -0.175. The van der Waals surface area contributed by atoms with Crippen molar-refractivity contribution in [1.29, 1.82) is 0 Å². The molecule has 0 saturated heterocycles. The molecule has 1 N–H and O–H groups in total. The van der Waals surface area contributed by atoms with Gasteiger partial charge in [-0.05, 0) is 48.7 Å². The highest BCUT2D eigenvalue weighted by molar-refractivity contribution is 7.19. The Bertz CT molecular complexity index is 705. The van der Waals surface area contributed by atoms with Crippen LogP contribution in [-0.4, -0.2) is 7.05 Å². The van der Waals surface area contributed by atoms with Gasteiger partial charge in [-0.2, -0.15) is 0 Å². The van der Waals surface area contributed by atoms with Crippen LogP contribution in [0.2, 0.25) is 0 Å². The average molecular weight is 285 g/mol. The number of nitrogens with one attached hydrogen (secondary N) is 1. The average Bonchev–Trinajstić information content (AvgIpc) is 2.88. The topological polar surface area (TPSA) is 12.0 Å². The zero-order valence-corrected chi connectivity index (χ0v) is 12.1. The Morgan fingerprint density at radius 2 is 1.90 bits per heavy atom. The van der Waals surface area contributed by atoms with Crippen LogP contribution in [0, 0.1) is 5.82 Å². The van der Waals surface area contributed by atoms with Gasteiger partial charge in [0.25, 0.3) is 0 Å². The van der Waals surface area contributed by atoms with E-state index in [1.807, 2.05) is 19.2 Å². The number of likely N-dealkylation sites (N-methyl/N-ethyl adjacent to an activating group) is 1. The fourth-order valence-electron chi connectivity index (χ4n) is 2.40. The maximum Gasteiger partial charge on any atom is 0.123 e. The van der Waals surface area contributed by atoms with Crippen molar-refractivity contribution in [3.8, 4) is 0 Å². The highest BCUT2D eigenvalue weighted by atomic mass is 32.1. The van der Waals surface area contributed by atoms with Crippen molar-refractivity contribution in [3.63, 3.8) is 0 Å². The van der Waals surface area contributed by atoms with Gasteiger partial charge in [0.1, 0.15) is 5.82 Å². The molecule has 0 aliphatic heterocycles. The van der Waals surface area contributed by atoms with Gasteiger partial charge in [-0.1, -0.05) is 30.3 Å². The van der Waals surface area contributed by atoms with Crippen LogP contribution in [-0.2, 0) is 6.42 Å². The van der Waals surface area contributed by atoms with Crippen molar-refractivity contribution in [1.82, 2.24) is 5.32 Å². The van der Waals surface area contributed by atoms with Crippen molar-refractivity contribution in [2.45, 2.75) is 12.5 Å². The Labute approximate surface area is 122 Å². The van der Waals surface area contributed by atoms with Crippen LogP contribution < -0.4 is 5.32 Å². The first-order chi connectivity index (χ1) is 9.76. The predicted octanol–water partition coefficient (Wildman–Crippen LogP) is 4.54. The molecule has 1 aromatic heterocycles. The minimum Gasteiger partial charge on any atom is -0.312 e. The second-order valence-electron chi connectivity index (χ2n) is 4.86. The van der Waals surface area contributed by atoms with Gasteiger partial charge in [0.05, 0.1) is 0 Å². The normalized spacial score (nSPS) is 12.7. The summed E-state index contributed by atoms with van der Waals surface area (Å²) in [5, 5.41) is 4.34. The molecule has 3 rings (SSSR count). The van der Waals surface area contributed by atoms with Gasteiger partial charge in [0, 0.05) is 15.6 Å². The van der Waals surface area contributed by atoms with E-state index in [0.717, 1.165) is 16.5 Å². The molecule has 3 aromatic rings. The van der Waals surface area contributed by atoms with E-state index in [-0.39, 0.29) is 11.9 Å². The lowest BCUT2D eigenvalue weighted by Crippen LogP contribution is -2.17. The minimum atomic E-state index is -0.175. The van der Waals surface area contributed by atoms with Crippen molar-refractivity contribution < 1.29 is 4.39 Å². The van der Waals surface area contributed by atoms with Crippen LogP contribution >= 0.6 is 11.3 Å². The summed E-state index contributed by atoms with van der Waals surface area (Å²) in [6, 6.07) is 17.7. The molecule has 0 aliphatic carbocycles. The minimum absolute atomic E-state index is 0.175. The monoisotopic (exact) mass is 285 g/mol. The number of rotatable bonds is 4. The number of benzene rings is 2. The van der Waals surface area contributed by atoms with Gasteiger partial charge in [0.15, 0.2) is 0 Å². The number of halogens is 1. The van der Waals surface area contributed by atoms with E-state index in [2.05, 4.69) is 35.6 Å². The number of hydrogen-bond acceptors (Lipinski definition) is 2. The molecule has 0 aliphatic rings. The lowest BCUT2D eigenvalue weighted by Gasteiger charge is -2.14. The van der Waals surface area contributed by atoms with E-state index >= 15 is 0 Å². The van der Waals surface area contributed by atoms with E-state index < -0.39 is 0 Å². The van der Waals surface area contributed by atoms with Crippen molar-refractivity contribution >= 4 is 21.4 Å². The first kappa shape index (κ1) is 13.3. The zero-order chi connectivity index (χ0) is 13.9. The van der Waals surface area contributed by atoms with Gasteiger partial charge >= 0.3 is 0 Å². The molecule has 20 heavy (non-hydrogen) atoms. The third kappa shape index (κ3) is 2.74. The van der Waals surface area contributed by atoms with Gasteiger partial charge in [-0.3, -0.25) is 0 Å². The van der Waals surface area contributed by atoms with Gasteiger partial charge < -0.3 is 5.32 Å². The smallest absolute Gasteiger partial charge is 0.123 e. The molecule has 0 amide bonds. The first-order valence-electron chi connectivity index (χ1n) is 6.66. The molecule has 1 nitrogen and oxygen atoms in total. The summed E-state index contributed by atoms with van der Waals surface area (Å²) in [4.78, 5) is 1.25. The van der Waals surface area contributed by atoms with Crippen LogP contribution in [0.15, 0.2) is 54.6 Å². The quantitative estimate of drug-likeness (QED) is 0.742. The van der Waals surface area contributed by atoms with Crippen LogP contribution in [0.4, 0.5) is 4.39 Å². The maximum atomic E-state index is 13.3. The molecule has 0 radical (unpaired) electrons. The highest BCUT2D eigenvalue weighted by Gasteiger charge is 2.13. The summed E-state index contributed by atoms with van der Waals surface area (Å²) in [6.45, 7) is 0. The first-order valence-corrected chi connectivity index (χ1v) is 7.48. The molecule has 1 atom stereocenters. The summed E-state index contributed by atoms with van der Waals surface area (Å²) in [5.41, 5.74) is 1.30. The Morgan fingerprint density at radius 3 is 2.65 bits per heavy atom. The fourth-order valence-corrected chi connectivity index (χ4v) is 3.56. The summed E-state index contributed by atoms with van der Waals surface area (Å²) in [7, 11) is 1.97. The molecule has 0 fully saturated rings.